The fraction of sp³-hybridized carbons (Fsp3) is 0.400. The van der Waals surface area contributed by atoms with Crippen LogP contribution in [-0.2, 0) is 9.47 Å². The second-order valence-electron chi connectivity index (χ2n) is 7.23. The summed E-state index contributed by atoms with van der Waals surface area (Å²) in [5.74, 6) is 0.197. The molecule has 1 aliphatic rings. The highest BCUT2D eigenvalue weighted by molar-refractivity contribution is 5.70. The smallest absolute Gasteiger partial charge is 0.413 e. The van der Waals surface area contributed by atoms with Crippen LogP contribution in [0.5, 0.6) is 5.75 Å². The fourth-order valence-corrected chi connectivity index (χ4v) is 2.92. The Labute approximate surface area is 157 Å². The Morgan fingerprint density at radius 2 is 1.96 bits per heavy atom. The van der Waals surface area contributed by atoms with Crippen LogP contribution in [0.15, 0.2) is 42.6 Å². The van der Waals surface area contributed by atoms with Crippen molar-refractivity contribution in [2.45, 2.75) is 38.6 Å². The van der Waals surface area contributed by atoms with Crippen molar-refractivity contribution in [3.05, 3.63) is 59.7 Å². The van der Waals surface area contributed by atoms with Gasteiger partial charge in [-0.3, -0.25) is 9.88 Å². The highest BCUT2D eigenvalue weighted by Gasteiger charge is 2.43. The van der Waals surface area contributed by atoms with E-state index in [1.807, 2.05) is 0 Å². The zero-order chi connectivity index (χ0) is 19.6. The largest absolute Gasteiger partial charge is 0.497 e. The summed E-state index contributed by atoms with van der Waals surface area (Å²) < 4.78 is 30.9. The summed E-state index contributed by atoms with van der Waals surface area (Å²) in [5.41, 5.74) is 0.192. The molecule has 2 heterocycles. The molecule has 1 aromatic carbocycles. The lowest BCUT2D eigenvalue weighted by Gasteiger charge is -2.31. The Balaban J connectivity index is 1.97. The third kappa shape index (κ3) is 4.19. The van der Waals surface area contributed by atoms with Crippen LogP contribution in [0.1, 0.15) is 44.3 Å². The Morgan fingerprint density at radius 1 is 1.26 bits per heavy atom. The zero-order valence-electron chi connectivity index (χ0n) is 15.8. The van der Waals surface area contributed by atoms with Crippen LogP contribution in [0.4, 0.5) is 9.18 Å². The van der Waals surface area contributed by atoms with E-state index < -0.39 is 29.8 Å². The lowest BCUT2D eigenvalue weighted by atomic mass is 10.1. The molecule has 0 aliphatic carbocycles. The summed E-state index contributed by atoms with van der Waals surface area (Å²) in [6.07, 6.45) is 0.194. The number of amides is 1. The van der Waals surface area contributed by atoms with Gasteiger partial charge in [-0.05, 0) is 45.0 Å². The molecule has 2 unspecified atom stereocenters. The molecule has 1 amide bonds. The van der Waals surface area contributed by atoms with Crippen molar-refractivity contribution in [1.82, 2.24) is 9.88 Å². The molecular formula is C20H23FN2O4. The molecular weight excluding hydrogens is 351 g/mol. The molecule has 0 saturated carbocycles. The maximum atomic E-state index is 14.3. The molecule has 1 aromatic heterocycles. The number of hydrogen-bond donors (Lipinski definition) is 0. The van der Waals surface area contributed by atoms with E-state index in [1.165, 1.54) is 23.2 Å². The summed E-state index contributed by atoms with van der Waals surface area (Å²) in [7, 11) is 1.58. The van der Waals surface area contributed by atoms with E-state index in [9.17, 15) is 9.18 Å². The van der Waals surface area contributed by atoms with E-state index in [2.05, 4.69) is 4.98 Å². The van der Waals surface area contributed by atoms with Gasteiger partial charge in [0.1, 0.15) is 28.9 Å². The summed E-state index contributed by atoms with van der Waals surface area (Å²) in [6.45, 7) is 5.45. The average molecular weight is 374 g/mol. The second kappa shape index (κ2) is 7.52. The molecule has 7 heteroatoms. The van der Waals surface area contributed by atoms with Crippen molar-refractivity contribution in [3.8, 4) is 5.75 Å². The minimum Gasteiger partial charge on any atom is -0.497 e. The van der Waals surface area contributed by atoms with Gasteiger partial charge in [-0.1, -0.05) is 12.1 Å². The molecule has 6 nitrogen and oxygen atoms in total. The molecule has 0 bridgehead atoms. The van der Waals surface area contributed by atoms with Crippen LogP contribution >= 0.6 is 0 Å². The Morgan fingerprint density at radius 3 is 2.56 bits per heavy atom. The summed E-state index contributed by atoms with van der Waals surface area (Å²) in [6, 6.07) is 9.30. The van der Waals surface area contributed by atoms with Gasteiger partial charge in [0.25, 0.3) is 0 Å². The van der Waals surface area contributed by atoms with E-state index in [4.69, 9.17) is 14.2 Å². The van der Waals surface area contributed by atoms with Crippen molar-refractivity contribution >= 4 is 6.09 Å². The number of nitrogens with zero attached hydrogens (tertiary/aromatic N) is 2. The normalized spacial score (nSPS) is 19.8. The molecule has 0 radical (unpaired) electrons. The van der Waals surface area contributed by atoms with Crippen LogP contribution in [-0.4, -0.2) is 35.3 Å². The zero-order valence-corrected chi connectivity index (χ0v) is 15.8. The van der Waals surface area contributed by atoms with E-state index in [0.29, 0.717) is 5.75 Å². The van der Waals surface area contributed by atoms with Crippen molar-refractivity contribution < 1.29 is 23.4 Å². The highest BCUT2D eigenvalue weighted by Crippen LogP contribution is 2.40. The molecule has 27 heavy (non-hydrogen) atoms. The van der Waals surface area contributed by atoms with Gasteiger partial charge in [-0.2, -0.15) is 0 Å². The predicted octanol–water partition coefficient (Wildman–Crippen LogP) is 4.24. The molecule has 1 fully saturated rings. The first-order valence-electron chi connectivity index (χ1n) is 8.67. The van der Waals surface area contributed by atoms with Crippen LogP contribution in [0.2, 0.25) is 0 Å². The monoisotopic (exact) mass is 374 g/mol. The first-order valence-corrected chi connectivity index (χ1v) is 8.67. The molecule has 2 atom stereocenters. The second-order valence-corrected chi connectivity index (χ2v) is 7.23. The fourth-order valence-electron chi connectivity index (χ4n) is 2.92. The SMILES string of the molecule is COc1ccc(C2OCC(c3ncccc3F)N2C(=O)OC(C)(C)C)cc1. The maximum absolute atomic E-state index is 14.3. The molecule has 0 spiro atoms. The van der Waals surface area contributed by atoms with E-state index >= 15 is 0 Å². The number of carbonyl (C=O) groups excluding carboxylic acids is 1. The van der Waals surface area contributed by atoms with Gasteiger partial charge in [0, 0.05) is 11.8 Å². The number of rotatable bonds is 3. The third-order valence-corrected chi connectivity index (χ3v) is 4.11. The van der Waals surface area contributed by atoms with Gasteiger partial charge >= 0.3 is 6.09 Å². The highest BCUT2D eigenvalue weighted by atomic mass is 19.1. The first kappa shape index (κ1) is 19.1. The first-order chi connectivity index (χ1) is 12.8. The van der Waals surface area contributed by atoms with Gasteiger partial charge in [0.05, 0.1) is 13.7 Å². The molecule has 1 aliphatic heterocycles. The summed E-state index contributed by atoms with van der Waals surface area (Å²) in [5, 5.41) is 0. The lowest BCUT2D eigenvalue weighted by Crippen LogP contribution is -2.38. The molecule has 144 valence electrons. The van der Waals surface area contributed by atoms with Crippen LogP contribution in [0.3, 0.4) is 0 Å². The topological polar surface area (TPSA) is 60.9 Å². The molecule has 1 saturated heterocycles. The number of ether oxygens (including phenoxy) is 3. The Kier molecular flexibility index (Phi) is 5.32. The van der Waals surface area contributed by atoms with Crippen LogP contribution in [0, 0.1) is 5.82 Å². The number of halogens is 1. The standard InChI is InChI=1S/C20H23FN2O4/c1-20(2,3)27-19(24)23-16(17-15(21)6-5-11-22-17)12-26-18(23)13-7-9-14(25-4)10-8-13/h5-11,16,18H,12H2,1-4H3. The van der Waals surface area contributed by atoms with Crippen molar-refractivity contribution in [3.63, 3.8) is 0 Å². The van der Waals surface area contributed by atoms with Gasteiger partial charge < -0.3 is 14.2 Å². The number of hydrogen-bond acceptors (Lipinski definition) is 5. The van der Waals surface area contributed by atoms with Crippen LogP contribution < -0.4 is 4.74 Å². The predicted molar refractivity (Wildman–Crippen MR) is 96.7 cm³/mol. The molecule has 3 rings (SSSR count). The van der Waals surface area contributed by atoms with Gasteiger partial charge in [-0.15, -0.1) is 0 Å². The average Bonchev–Trinajstić information content (AvgIpc) is 3.05. The number of benzene rings is 1. The number of aromatic nitrogens is 1. The minimum absolute atomic E-state index is 0.115. The van der Waals surface area contributed by atoms with Gasteiger partial charge in [0.2, 0.25) is 0 Å². The van der Waals surface area contributed by atoms with E-state index in [-0.39, 0.29) is 12.3 Å². The minimum atomic E-state index is -0.711. The summed E-state index contributed by atoms with van der Waals surface area (Å²) in [4.78, 5) is 18.4. The van der Waals surface area contributed by atoms with E-state index in [1.54, 1.807) is 52.1 Å². The van der Waals surface area contributed by atoms with Crippen molar-refractivity contribution in [2.24, 2.45) is 0 Å². The van der Waals surface area contributed by atoms with Crippen LogP contribution in [0.25, 0.3) is 0 Å². The number of pyridine rings is 1. The summed E-state index contributed by atoms with van der Waals surface area (Å²) >= 11 is 0. The number of carbonyl (C=O) groups is 1. The lowest BCUT2D eigenvalue weighted by molar-refractivity contribution is -0.0145. The molecule has 0 N–H and O–H groups in total. The maximum Gasteiger partial charge on any atom is 0.413 e. The molecule has 2 aromatic rings. The number of methoxy groups -OCH3 is 1. The van der Waals surface area contributed by atoms with Gasteiger partial charge in [0.15, 0.2) is 6.23 Å². The third-order valence-electron chi connectivity index (χ3n) is 4.11. The van der Waals surface area contributed by atoms with E-state index in [0.717, 1.165) is 5.56 Å². The van der Waals surface area contributed by atoms with Crippen molar-refractivity contribution in [1.29, 1.82) is 0 Å². The Hall–Kier alpha value is -2.67. The Bertz CT molecular complexity index is 804. The van der Waals surface area contributed by atoms with Gasteiger partial charge in [-0.25, -0.2) is 9.18 Å². The quantitative estimate of drug-likeness (QED) is 0.804. The van der Waals surface area contributed by atoms with Crippen molar-refractivity contribution in [2.75, 3.05) is 13.7 Å².